The van der Waals surface area contributed by atoms with E-state index in [1.54, 1.807) is 9.80 Å². The van der Waals surface area contributed by atoms with Gasteiger partial charge in [-0.15, -0.1) is 0 Å². The molecule has 0 unspecified atom stereocenters. The van der Waals surface area contributed by atoms with E-state index in [1.165, 1.54) is 0 Å². The fourth-order valence-electron chi connectivity index (χ4n) is 2.15. The molecule has 6 heteroatoms. The van der Waals surface area contributed by atoms with Crippen LogP contribution in [0.5, 0.6) is 0 Å². The summed E-state index contributed by atoms with van der Waals surface area (Å²) in [7, 11) is 0. The van der Waals surface area contributed by atoms with Gasteiger partial charge in [-0.25, -0.2) is 0 Å². The quantitative estimate of drug-likeness (QED) is 0.837. The van der Waals surface area contributed by atoms with Gasteiger partial charge in [0.05, 0.1) is 0 Å². The summed E-state index contributed by atoms with van der Waals surface area (Å²) in [5.41, 5.74) is 0.913. The van der Waals surface area contributed by atoms with Crippen LogP contribution in [-0.2, 0) is 9.59 Å². The first-order valence-electron chi connectivity index (χ1n) is 6.65. The summed E-state index contributed by atoms with van der Waals surface area (Å²) in [4.78, 5) is 26.1. The molecule has 0 spiro atoms. The van der Waals surface area contributed by atoms with Crippen LogP contribution in [0, 0.1) is 0 Å². The van der Waals surface area contributed by atoms with E-state index < -0.39 is 0 Å². The van der Waals surface area contributed by atoms with Gasteiger partial charge in [-0.1, -0.05) is 17.7 Å². The molecule has 1 heterocycles. The molecule has 0 saturated carbocycles. The third-order valence-corrected chi connectivity index (χ3v) is 3.54. The van der Waals surface area contributed by atoms with Crippen molar-refractivity contribution >= 4 is 29.6 Å². The lowest BCUT2D eigenvalue weighted by Crippen LogP contribution is -2.48. The number of piperazine rings is 1. The Hall–Kier alpha value is -1.75. The second-order valence-corrected chi connectivity index (χ2v) is 5.15. The van der Waals surface area contributed by atoms with Crippen molar-refractivity contribution in [3.63, 3.8) is 0 Å². The van der Waals surface area contributed by atoms with Crippen LogP contribution in [0.1, 0.15) is 6.42 Å². The van der Waals surface area contributed by atoms with Crippen molar-refractivity contribution in [1.82, 2.24) is 9.80 Å². The highest BCUT2D eigenvalue weighted by Crippen LogP contribution is 2.14. The average molecular weight is 296 g/mol. The maximum atomic E-state index is 12.0. The summed E-state index contributed by atoms with van der Waals surface area (Å²) >= 11 is 5.89. The van der Waals surface area contributed by atoms with Crippen LogP contribution < -0.4 is 5.32 Å². The van der Waals surface area contributed by atoms with Gasteiger partial charge in [-0.3, -0.25) is 9.59 Å². The number of halogens is 1. The number of nitrogens with zero attached hydrogens (tertiary/aromatic N) is 2. The van der Waals surface area contributed by atoms with Crippen molar-refractivity contribution in [2.75, 3.05) is 38.0 Å². The minimum atomic E-state index is 0.116. The maximum absolute atomic E-state index is 12.0. The highest BCUT2D eigenvalue weighted by atomic mass is 35.5. The monoisotopic (exact) mass is 295 g/mol. The minimum absolute atomic E-state index is 0.116. The largest absolute Gasteiger partial charge is 0.384 e. The molecular weight excluding hydrogens is 278 g/mol. The lowest BCUT2D eigenvalue weighted by Gasteiger charge is -2.32. The SMILES string of the molecule is O=CN1CCN(C(=O)CCNc2cccc(Cl)c2)CC1. The summed E-state index contributed by atoms with van der Waals surface area (Å²) in [6.07, 6.45) is 1.27. The molecule has 2 rings (SSSR count). The van der Waals surface area contributed by atoms with E-state index in [4.69, 9.17) is 11.6 Å². The number of carbonyl (C=O) groups is 2. The Morgan fingerprint density at radius 2 is 2.05 bits per heavy atom. The number of hydrogen-bond donors (Lipinski definition) is 1. The maximum Gasteiger partial charge on any atom is 0.224 e. The number of rotatable bonds is 5. The van der Waals surface area contributed by atoms with Gasteiger partial charge in [-0.05, 0) is 18.2 Å². The van der Waals surface area contributed by atoms with Gasteiger partial charge in [0, 0.05) is 49.9 Å². The minimum Gasteiger partial charge on any atom is -0.384 e. The number of amides is 2. The molecular formula is C14H18ClN3O2. The second-order valence-electron chi connectivity index (χ2n) is 4.71. The van der Waals surface area contributed by atoms with E-state index in [1.807, 2.05) is 24.3 Å². The summed E-state index contributed by atoms with van der Waals surface area (Å²) in [5, 5.41) is 3.85. The molecule has 20 heavy (non-hydrogen) atoms. The molecule has 1 aromatic carbocycles. The fraction of sp³-hybridized carbons (Fsp3) is 0.429. The first-order chi connectivity index (χ1) is 9.69. The third kappa shape index (κ3) is 4.13. The van der Waals surface area contributed by atoms with Gasteiger partial charge in [-0.2, -0.15) is 0 Å². The predicted octanol–water partition coefficient (Wildman–Crippen LogP) is 1.44. The number of hydrogen-bond acceptors (Lipinski definition) is 3. The van der Waals surface area contributed by atoms with Gasteiger partial charge in [0.1, 0.15) is 0 Å². The first kappa shape index (κ1) is 14.7. The van der Waals surface area contributed by atoms with E-state index in [-0.39, 0.29) is 5.91 Å². The van der Waals surface area contributed by atoms with Crippen molar-refractivity contribution in [3.8, 4) is 0 Å². The van der Waals surface area contributed by atoms with Gasteiger partial charge in [0.15, 0.2) is 0 Å². The zero-order chi connectivity index (χ0) is 14.4. The zero-order valence-corrected chi connectivity index (χ0v) is 12.0. The molecule has 1 aromatic rings. The van der Waals surface area contributed by atoms with Crippen molar-refractivity contribution in [2.24, 2.45) is 0 Å². The Morgan fingerprint density at radius 3 is 2.70 bits per heavy atom. The molecule has 1 N–H and O–H groups in total. The number of anilines is 1. The van der Waals surface area contributed by atoms with Gasteiger partial charge >= 0.3 is 0 Å². The van der Waals surface area contributed by atoms with Crippen LogP contribution in [-0.4, -0.2) is 54.8 Å². The first-order valence-corrected chi connectivity index (χ1v) is 7.03. The second kappa shape index (κ2) is 7.14. The normalized spacial score (nSPS) is 15.1. The predicted molar refractivity (Wildman–Crippen MR) is 78.8 cm³/mol. The molecule has 0 aromatic heterocycles. The fourth-order valence-corrected chi connectivity index (χ4v) is 2.34. The summed E-state index contributed by atoms with van der Waals surface area (Å²) < 4.78 is 0. The molecule has 108 valence electrons. The molecule has 1 fully saturated rings. The number of nitrogens with one attached hydrogen (secondary N) is 1. The smallest absolute Gasteiger partial charge is 0.224 e. The van der Waals surface area contributed by atoms with Gasteiger partial charge in [0.25, 0.3) is 0 Å². The summed E-state index contributed by atoms with van der Waals surface area (Å²) in [6, 6.07) is 7.42. The van der Waals surface area contributed by atoms with Crippen LogP contribution in [0.3, 0.4) is 0 Å². The number of carbonyl (C=O) groups excluding carboxylic acids is 2. The molecule has 2 amide bonds. The molecule has 0 aliphatic carbocycles. The molecule has 1 aliphatic rings. The van der Waals surface area contributed by atoms with Crippen molar-refractivity contribution in [2.45, 2.75) is 6.42 Å². The van der Waals surface area contributed by atoms with E-state index in [9.17, 15) is 9.59 Å². The number of benzene rings is 1. The Labute approximate surface area is 123 Å². The summed E-state index contributed by atoms with van der Waals surface area (Å²) in [6.45, 7) is 3.06. The Balaban J connectivity index is 1.71. The van der Waals surface area contributed by atoms with E-state index in [0.29, 0.717) is 44.2 Å². The highest BCUT2D eigenvalue weighted by molar-refractivity contribution is 6.30. The Morgan fingerprint density at radius 1 is 1.30 bits per heavy atom. The summed E-state index contributed by atoms with van der Waals surface area (Å²) in [5.74, 6) is 0.116. The van der Waals surface area contributed by atoms with Crippen molar-refractivity contribution in [1.29, 1.82) is 0 Å². The van der Waals surface area contributed by atoms with Crippen LogP contribution in [0.2, 0.25) is 5.02 Å². The van der Waals surface area contributed by atoms with E-state index >= 15 is 0 Å². The molecule has 0 bridgehead atoms. The van der Waals surface area contributed by atoms with Crippen LogP contribution in [0.4, 0.5) is 5.69 Å². The highest BCUT2D eigenvalue weighted by Gasteiger charge is 2.19. The van der Waals surface area contributed by atoms with Crippen LogP contribution >= 0.6 is 11.6 Å². The Bertz CT molecular complexity index is 473. The lowest BCUT2D eigenvalue weighted by molar-refractivity contribution is -0.134. The zero-order valence-electron chi connectivity index (χ0n) is 11.2. The third-order valence-electron chi connectivity index (χ3n) is 3.31. The molecule has 0 atom stereocenters. The molecule has 5 nitrogen and oxygen atoms in total. The Kier molecular flexibility index (Phi) is 5.24. The van der Waals surface area contributed by atoms with Crippen molar-refractivity contribution in [3.05, 3.63) is 29.3 Å². The van der Waals surface area contributed by atoms with E-state index in [0.717, 1.165) is 12.1 Å². The molecule has 1 aliphatic heterocycles. The topological polar surface area (TPSA) is 52.7 Å². The molecule has 1 saturated heterocycles. The standard InChI is InChI=1S/C14H18ClN3O2/c15-12-2-1-3-13(10-12)16-5-4-14(20)18-8-6-17(11-19)7-9-18/h1-3,10-11,16H,4-9H2. The molecule has 0 radical (unpaired) electrons. The van der Waals surface area contributed by atoms with Gasteiger partial charge in [0.2, 0.25) is 12.3 Å². The lowest BCUT2D eigenvalue weighted by atomic mass is 10.2. The van der Waals surface area contributed by atoms with Crippen molar-refractivity contribution < 1.29 is 9.59 Å². The van der Waals surface area contributed by atoms with Crippen LogP contribution in [0.15, 0.2) is 24.3 Å². The van der Waals surface area contributed by atoms with E-state index in [2.05, 4.69) is 5.32 Å². The van der Waals surface area contributed by atoms with Gasteiger partial charge < -0.3 is 15.1 Å². The average Bonchev–Trinajstić information content (AvgIpc) is 2.47. The van der Waals surface area contributed by atoms with Crippen LogP contribution in [0.25, 0.3) is 0 Å².